The Morgan fingerprint density at radius 1 is 1.00 bits per heavy atom. The average molecular weight is 605 g/mol. The van der Waals surface area contributed by atoms with Crippen LogP contribution >= 0.6 is 11.3 Å². The van der Waals surface area contributed by atoms with Crippen LogP contribution in [0.5, 0.6) is 0 Å². The normalized spacial score (nSPS) is 18.0. The van der Waals surface area contributed by atoms with E-state index in [0.717, 1.165) is 16.1 Å². The predicted octanol–water partition coefficient (Wildman–Crippen LogP) is 4.28. The quantitative estimate of drug-likeness (QED) is 0.233. The molecule has 1 saturated heterocycles. The number of nitrogens with one attached hydrogen (secondary N) is 2. The maximum Gasteiger partial charge on any atom is 0.263 e. The fourth-order valence-electron chi connectivity index (χ4n) is 5.02. The number of nitrogens with zero attached hydrogens (tertiary/aromatic N) is 2. The number of thiazole rings is 1. The van der Waals surface area contributed by atoms with Crippen LogP contribution in [-0.4, -0.2) is 57.6 Å². The first kappa shape index (κ1) is 32.2. The van der Waals surface area contributed by atoms with Crippen LogP contribution in [0.1, 0.15) is 65.8 Å². The molecule has 1 fully saturated rings. The van der Waals surface area contributed by atoms with Gasteiger partial charge >= 0.3 is 0 Å². The van der Waals surface area contributed by atoms with Crippen LogP contribution in [-0.2, 0) is 32.0 Å². The van der Waals surface area contributed by atoms with Crippen LogP contribution in [0, 0.1) is 18.8 Å². The Morgan fingerprint density at radius 2 is 1.70 bits per heavy atom. The zero-order valence-electron chi connectivity index (χ0n) is 25.2. The van der Waals surface area contributed by atoms with Crippen molar-refractivity contribution in [2.75, 3.05) is 6.61 Å². The number of ether oxygens (including phenoxy) is 1. The summed E-state index contributed by atoms with van der Waals surface area (Å²) in [5, 5.41) is 6.62. The summed E-state index contributed by atoms with van der Waals surface area (Å²) in [5.74, 6) is -1.75. The van der Waals surface area contributed by atoms with Crippen LogP contribution in [0.25, 0.3) is 0 Å². The number of aromatic nitrogens is 2. The molecule has 0 aliphatic carbocycles. The van der Waals surface area contributed by atoms with E-state index < -0.39 is 23.6 Å². The third-order valence-electron chi connectivity index (χ3n) is 7.59. The van der Waals surface area contributed by atoms with Crippen molar-refractivity contribution in [2.45, 2.75) is 77.5 Å². The van der Waals surface area contributed by atoms with Crippen LogP contribution in [0.2, 0.25) is 0 Å². The number of aryl methyl sites for hydroxylation is 2. The van der Waals surface area contributed by atoms with Gasteiger partial charge in [0.05, 0.1) is 29.9 Å². The molecule has 43 heavy (non-hydrogen) atoms. The average Bonchev–Trinajstić information content (AvgIpc) is 3.59. The van der Waals surface area contributed by atoms with Crippen LogP contribution in [0.3, 0.4) is 0 Å². The van der Waals surface area contributed by atoms with E-state index in [1.807, 2.05) is 51.1 Å². The number of ketones is 2. The van der Waals surface area contributed by atoms with Gasteiger partial charge in [-0.3, -0.25) is 24.2 Å². The molecule has 9 nitrogen and oxygen atoms in total. The Hall–Kier alpha value is -3.76. The second kappa shape index (κ2) is 14.6. The van der Waals surface area contributed by atoms with Crippen molar-refractivity contribution in [1.82, 2.24) is 20.6 Å². The molecule has 0 spiro atoms. The maximum absolute atomic E-state index is 13.9. The molecule has 1 aliphatic heterocycles. The fraction of sp³-hybridized carbons (Fsp3) is 0.455. The molecule has 4 atom stereocenters. The SMILES string of the molecule is Cc1ncc(C(=O)NC(CCc2ccccc2)C(=O)CC(Cc2ccncc2)C(=O)NC(CC(C)C)C(=O)C2(C)CO2)s1. The van der Waals surface area contributed by atoms with Gasteiger partial charge in [-0.05, 0) is 68.7 Å². The highest BCUT2D eigenvalue weighted by atomic mass is 32.1. The molecule has 1 aliphatic rings. The van der Waals surface area contributed by atoms with Gasteiger partial charge in [-0.1, -0.05) is 44.2 Å². The summed E-state index contributed by atoms with van der Waals surface area (Å²) < 4.78 is 5.39. The fourth-order valence-corrected chi connectivity index (χ4v) is 5.70. The smallest absolute Gasteiger partial charge is 0.263 e. The van der Waals surface area contributed by atoms with Crippen LogP contribution in [0.15, 0.2) is 61.1 Å². The number of pyridine rings is 1. The molecule has 2 aromatic heterocycles. The number of benzene rings is 1. The van der Waals surface area contributed by atoms with Crippen molar-refractivity contribution in [2.24, 2.45) is 11.8 Å². The Bertz CT molecular complexity index is 1400. The Balaban J connectivity index is 1.54. The molecule has 228 valence electrons. The van der Waals surface area contributed by atoms with E-state index in [2.05, 4.69) is 20.6 Å². The third-order valence-corrected chi connectivity index (χ3v) is 8.50. The molecular formula is C33H40N4O5S. The van der Waals surface area contributed by atoms with Gasteiger partial charge in [-0.2, -0.15) is 0 Å². The largest absolute Gasteiger partial charge is 0.361 e. The first-order valence-corrected chi connectivity index (χ1v) is 15.5. The van der Waals surface area contributed by atoms with E-state index >= 15 is 0 Å². The van der Waals surface area contributed by atoms with Gasteiger partial charge < -0.3 is 15.4 Å². The van der Waals surface area contributed by atoms with E-state index in [1.54, 1.807) is 31.5 Å². The number of hydrogen-bond donors (Lipinski definition) is 2. The topological polar surface area (TPSA) is 131 Å². The molecular weight excluding hydrogens is 564 g/mol. The molecule has 10 heteroatoms. The van der Waals surface area contributed by atoms with Crippen molar-refractivity contribution < 1.29 is 23.9 Å². The molecule has 3 heterocycles. The highest BCUT2D eigenvalue weighted by molar-refractivity contribution is 7.13. The molecule has 0 bridgehead atoms. The molecule has 0 saturated carbocycles. The first-order chi connectivity index (χ1) is 20.5. The van der Waals surface area contributed by atoms with Crippen LogP contribution in [0.4, 0.5) is 0 Å². The summed E-state index contributed by atoms with van der Waals surface area (Å²) in [4.78, 5) is 62.7. The number of Topliss-reactive ketones (excluding diaryl/α,β-unsaturated/α-hetero) is 2. The number of epoxide rings is 1. The number of rotatable bonds is 16. The zero-order valence-corrected chi connectivity index (χ0v) is 26.0. The van der Waals surface area contributed by atoms with E-state index in [-0.39, 0.29) is 42.1 Å². The lowest BCUT2D eigenvalue weighted by Crippen LogP contribution is -2.49. The summed E-state index contributed by atoms with van der Waals surface area (Å²) in [6.45, 7) is 7.86. The van der Waals surface area contributed by atoms with Gasteiger partial charge in [0.15, 0.2) is 11.6 Å². The van der Waals surface area contributed by atoms with Crippen molar-refractivity contribution in [3.63, 3.8) is 0 Å². The highest BCUT2D eigenvalue weighted by Crippen LogP contribution is 2.30. The predicted molar refractivity (Wildman–Crippen MR) is 165 cm³/mol. The Morgan fingerprint density at radius 3 is 2.30 bits per heavy atom. The number of carbonyl (C=O) groups excluding carboxylic acids is 4. The van der Waals surface area contributed by atoms with E-state index in [9.17, 15) is 19.2 Å². The van der Waals surface area contributed by atoms with Crippen molar-refractivity contribution in [3.8, 4) is 0 Å². The van der Waals surface area contributed by atoms with Gasteiger partial charge in [0, 0.05) is 24.7 Å². The highest BCUT2D eigenvalue weighted by Gasteiger charge is 2.50. The lowest BCUT2D eigenvalue weighted by Gasteiger charge is -2.25. The van der Waals surface area contributed by atoms with E-state index in [1.165, 1.54) is 17.5 Å². The lowest BCUT2D eigenvalue weighted by atomic mass is 9.88. The summed E-state index contributed by atoms with van der Waals surface area (Å²) in [5.41, 5.74) is 1.00. The second-order valence-electron chi connectivity index (χ2n) is 11.8. The molecule has 1 aromatic carbocycles. The minimum Gasteiger partial charge on any atom is -0.361 e. The van der Waals surface area contributed by atoms with E-state index in [0.29, 0.717) is 30.7 Å². The number of carbonyl (C=O) groups is 4. The zero-order chi connectivity index (χ0) is 31.0. The summed E-state index contributed by atoms with van der Waals surface area (Å²) in [6.07, 6.45) is 6.37. The second-order valence-corrected chi connectivity index (χ2v) is 13.0. The number of hydrogen-bond acceptors (Lipinski definition) is 8. The number of amides is 2. The minimum absolute atomic E-state index is 0.105. The summed E-state index contributed by atoms with van der Waals surface area (Å²) >= 11 is 1.26. The molecule has 3 aromatic rings. The lowest BCUT2D eigenvalue weighted by molar-refractivity contribution is -0.134. The van der Waals surface area contributed by atoms with Crippen molar-refractivity contribution in [1.29, 1.82) is 0 Å². The van der Waals surface area contributed by atoms with Gasteiger partial charge in [-0.25, -0.2) is 4.98 Å². The standard InChI is InChI=1S/C33H40N4O5S/c1-21(2)16-27(30(39)33(4)20-42-33)37-31(40)25(17-24-12-14-34-15-13-24)18-28(38)26(11-10-23-8-6-5-7-9-23)36-32(41)29-19-35-22(3)43-29/h5-9,12-15,19,21,25-27H,10-11,16-18,20H2,1-4H3,(H,36,41)(H,37,40). The molecule has 0 radical (unpaired) electrons. The molecule has 4 rings (SSSR count). The van der Waals surface area contributed by atoms with Gasteiger partial charge in [-0.15, -0.1) is 11.3 Å². The Labute approximate surface area is 256 Å². The molecule has 2 N–H and O–H groups in total. The van der Waals surface area contributed by atoms with Crippen molar-refractivity contribution in [3.05, 3.63) is 82.1 Å². The summed E-state index contributed by atoms with van der Waals surface area (Å²) in [7, 11) is 0. The third kappa shape index (κ3) is 9.36. The van der Waals surface area contributed by atoms with Crippen molar-refractivity contribution >= 4 is 34.7 Å². The molecule has 2 amide bonds. The Kier molecular flexibility index (Phi) is 10.9. The van der Waals surface area contributed by atoms with Crippen LogP contribution < -0.4 is 10.6 Å². The van der Waals surface area contributed by atoms with Gasteiger partial charge in [0.1, 0.15) is 10.5 Å². The monoisotopic (exact) mass is 604 g/mol. The van der Waals surface area contributed by atoms with E-state index in [4.69, 9.17) is 4.74 Å². The molecule has 4 unspecified atom stereocenters. The summed E-state index contributed by atoms with van der Waals surface area (Å²) in [6, 6.07) is 11.8. The first-order valence-electron chi connectivity index (χ1n) is 14.7. The van der Waals surface area contributed by atoms with Gasteiger partial charge in [0.25, 0.3) is 5.91 Å². The maximum atomic E-state index is 13.9. The minimum atomic E-state index is -0.884. The van der Waals surface area contributed by atoms with Gasteiger partial charge in [0.2, 0.25) is 5.91 Å².